The summed E-state index contributed by atoms with van der Waals surface area (Å²) in [5, 5.41) is 7.33. The average molecular weight is 246 g/mol. The van der Waals surface area contributed by atoms with Crippen molar-refractivity contribution in [3.05, 3.63) is 60.2 Å². The van der Waals surface area contributed by atoms with E-state index >= 15 is 0 Å². The van der Waals surface area contributed by atoms with Crippen molar-refractivity contribution >= 4 is 23.6 Å². The Labute approximate surface area is 105 Å². The van der Waals surface area contributed by atoms with Crippen molar-refractivity contribution < 1.29 is 0 Å². The fourth-order valence-electron chi connectivity index (χ4n) is 1.02. The molecule has 0 amide bonds. The lowest BCUT2D eigenvalue weighted by Gasteiger charge is -2.06. The Kier molecular flexibility index (Phi) is 5.03. The molecule has 0 saturated carbocycles. The average Bonchev–Trinajstić information content (AvgIpc) is 2.34. The number of hydrogen-bond donors (Lipinski definition) is 3. The maximum atomic E-state index is 7.33. The summed E-state index contributed by atoms with van der Waals surface area (Å²) >= 11 is 1.37. The summed E-state index contributed by atoms with van der Waals surface area (Å²) in [7, 11) is 0. The molecule has 1 aromatic heterocycles. The number of nitrogens with one attached hydrogen (secondary N) is 2. The third-order valence-corrected chi connectivity index (χ3v) is 2.68. The Balaban J connectivity index is 2.72. The van der Waals surface area contributed by atoms with E-state index in [1.807, 2.05) is 6.08 Å². The van der Waals surface area contributed by atoms with Gasteiger partial charge in [0.15, 0.2) is 0 Å². The first-order chi connectivity index (χ1) is 8.17. The normalized spacial score (nSPS) is 10.7. The highest BCUT2D eigenvalue weighted by Crippen LogP contribution is 2.19. The Bertz CT molecular complexity index is 465. The summed E-state index contributed by atoms with van der Waals surface area (Å²) in [5.74, 6) is 0.658. The van der Waals surface area contributed by atoms with Gasteiger partial charge >= 0.3 is 0 Å². The van der Waals surface area contributed by atoms with Crippen molar-refractivity contribution in [1.29, 1.82) is 5.41 Å². The topological polar surface area (TPSA) is 74.8 Å². The van der Waals surface area contributed by atoms with Crippen LogP contribution in [-0.4, -0.2) is 10.8 Å². The Morgan fingerprint density at radius 3 is 2.88 bits per heavy atom. The maximum absolute atomic E-state index is 7.33. The monoisotopic (exact) mass is 246 g/mol. The molecule has 5 heteroatoms. The number of nitrogen functional groups attached to an aromatic ring is 1. The van der Waals surface area contributed by atoms with E-state index in [-0.39, 0.29) is 5.84 Å². The molecule has 17 heavy (non-hydrogen) atoms. The van der Waals surface area contributed by atoms with E-state index in [9.17, 15) is 0 Å². The highest BCUT2D eigenvalue weighted by atomic mass is 32.2. The molecule has 1 heterocycles. The molecule has 0 aliphatic rings. The number of nitrogens with zero attached hydrogens (tertiary/aromatic N) is 1. The third-order valence-electron chi connectivity index (χ3n) is 1.83. The van der Waals surface area contributed by atoms with Gasteiger partial charge in [0, 0.05) is 16.7 Å². The lowest BCUT2D eigenvalue weighted by molar-refractivity contribution is 1.31. The lowest BCUT2D eigenvalue weighted by Crippen LogP contribution is -2.11. The third kappa shape index (κ3) is 4.16. The molecule has 0 radical (unpaired) electrons. The fourth-order valence-corrected chi connectivity index (χ4v) is 1.61. The molecular weight excluding hydrogens is 232 g/mol. The van der Waals surface area contributed by atoms with Gasteiger partial charge in [-0.05, 0) is 30.2 Å². The second kappa shape index (κ2) is 6.55. The van der Waals surface area contributed by atoms with Crippen molar-refractivity contribution in [3.63, 3.8) is 0 Å². The molecule has 1 rings (SSSR count). The number of pyridine rings is 1. The van der Waals surface area contributed by atoms with Crippen molar-refractivity contribution in [3.8, 4) is 0 Å². The molecule has 0 aliphatic carbocycles. The zero-order valence-electron chi connectivity index (χ0n) is 9.31. The quantitative estimate of drug-likeness (QED) is 0.312. The molecular formula is C12H14N4S. The summed E-state index contributed by atoms with van der Waals surface area (Å²) in [6.45, 7) is 7.30. The number of nitrogens with two attached hydrogens (primary N) is 1. The van der Waals surface area contributed by atoms with Crippen LogP contribution in [0.1, 0.15) is 5.56 Å². The van der Waals surface area contributed by atoms with Gasteiger partial charge in [-0.25, -0.2) is 4.98 Å². The van der Waals surface area contributed by atoms with E-state index in [2.05, 4.69) is 22.9 Å². The van der Waals surface area contributed by atoms with E-state index in [0.29, 0.717) is 11.4 Å². The van der Waals surface area contributed by atoms with Crippen molar-refractivity contribution in [2.75, 3.05) is 4.72 Å². The summed E-state index contributed by atoms with van der Waals surface area (Å²) in [6, 6.07) is 3.40. The van der Waals surface area contributed by atoms with E-state index in [0.717, 1.165) is 4.91 Å². The van der Waals surface area contributed by atoms with Gasteiger partial charge in [-0.2, -0.15) is 0 Å². The molecule has 0 aliphatic heterocycles. The van der Waals surface area contributed by atoms with E-state index in [1.54, 1.807) is 30.5 Å². The van der Waals surface area contributed by atoms with Gasteiger partial charge in [-0.3, -0.25) is 5.41 Å². The van der Waals surface area contributed by atoms with Crippen LogP contribution in [0.3, 0.4) is 0 Å². The van der Waals surface area contributed by atoms with Crippen LogP contribution in [0.5, 0.6) is 0 Å². The van der Waals surface area contributed by atoms with Crippen molar-refractivity contribution in [2.24, 2.45) is 5.73 Å². The number of amidine groups is 1. The Hall–Kier alpha value is -2.01. The van der Waals surface area contributed by atoms with Gasteiger partial charge in [0.1, 0.15) is 11.7 Å². The van der Waals surface area contributed by atoms with Crippen LogP contribution >= 0.6 is 11.9 Å². The number of allylic oxidation sites excluding steroid dienone is 3. The van der Waals surface area contributed by atoms with Gasteiger partial charge in [0.2, 0.25) is 0 Å². The van der Waals surface area contributed by atoms with Gasteiger partial charge in [-0.15, -0.1) is 0 Å². The number of hydrogen-bond acceptors (Lipinski definition) is 4. The molecule has 0 saturated heterocycles. The first-order valence-electron chi connectivity index (χ1n) is 4.86. The minimum atomic E-state index is 0.0195. The predicted molar refractivity (Wildman–Crippen MR) is 74.9 cm³/mol. The second-order valence-electron chi connectivity index (χ2n) is 3.06. The first-order valence-corrected chi connectivity index (χ1v) is 5.67. The molecule has 0 aromatic carbocycles. The molecule has 0 fully saturated rings. The molecule has 1 aromatic rings. The van der Waals surface area contributed by atoms with Crippen molar-refractivity contribution in [2.45, 2.75) is 0 Å². The number of anilines is 1. The summed E-state index contributed by atoms with van der Waals surface area (Å²) in [6.07, 6.45) is 6.84. The maximum Gasteiger partial charge on any atom is 0.136 e. The summed E-state index contributed by atoms with van der Waals surface area (Å²) in [4.78, 5) is 5.04. The standard InChI is InChI=1S/C12H14N4S/c1-3-5-10(4-2)17-16-11-8-9(12(13)14)6-7-15-11/h3-8H,1-2H2,(H3,13,14)(H,15,16)/b10-5+. The number of aromatic nitrogens is 1. The van der Waals surface area contributed by atoms with Crippen LogP contribution in [0.25, 0.3) is 0 Å². The molecule has 0 bridgehead atoms. The van der Waals surface area contributed by atoms with Gasteiger partial charge in [0.25, 0.3) is 0 Å². The van der Waals surface area contributed by atoms with Crippen LogP contribution < -0.4 is 10.5 Å². The second-order valence-corrected chi connectivity index (χ2v) is 3.94. The van der Waals surface area contributed by atoms with Crippen LogP contribution in [0.15, 0.2) is 54.6 Å². The largest absolute Gasteiger partial charge is 0.384 e. The molecule has 0 spiro atoms. The Morgan fingerprint density at radius 2 is 2.29 bits per heavy atom. The van der Waals surface area contributed by atoms with Crippen LogP contribution in [0.2, 0.25) is 0 Å². The molecule has 88 valence electrons. The number of rotatable bonds is 6. The van der Waals surface area contributed by atoms with Crippen LogP contribution in [-0.2, 0) is 0 Å². The van der Waals surface area contributed by atoms with Crippen LogP contribution in [0.4, 0.5) is 5.82 Å². The Morgan fingerprint density at radius 1 is 1.53 bits per heavy atom. The molecule has 0 unspecified atom stereocenters. The minimum absolute atomic E-state index is 0.0195. The molecule has 4 N–H and O–H groups in total. The zero-order valence-corrected chi connectivity index (χ0v) is 10.1. The minimum Gasteiger partial charge on any atom is -0.384 e. The highest BCUT2D eigenvalue weighted by molar-refractivity contribution is 8.04. The van der Waals surface area contributed by atoms with Crippen LogP contribution in [0, 0.1) is 5.41 Å². The molecule has 0 atom stereocenters. The fraction of sp³-hybridized carbons (Fsp3) is 0. The van der Waals surface area contributed by atoms with Gasteiger partial charge < -0.3 is 10.5 Å². The SMILES string of the molecule is C=C/C=C(\C=C)SNc1cc(C(=N)N)ccn1. The van der Waals surface area contributed by atoms with Gasteiger partial charge in [-0.1, -0.05) is 25.3 Å². The van der Waals surface area contributed by atoms with E-state index in [4.69, 9.17) is 11.1 Å². The highest BCUT2D eigenvalue weighted by Gasteiger charge is 2.00. The summed E-state index contributed by atoms with van der Waals surface area (Å²) in [5.41, 5.74) is 6.03. The van der Waals surface area contributed by atoms with E-state index < -0.39 is 0 Å². The smallest absolute Gasteiger partial charge is 0.136 e. The zero-order chi connectivity index (χ0) is 12.7. The summed E-state index contributed by atoms with van der Waals surface area (Å²) < 4.78 is 3.04. The lowest BCUT2D eigenvalue weighted by atomic mass is 10.2. The van der Waals surface area contributed by atoms with Gasteiger partial charge in [0.05, 0.1) is 0 Å². The van der Waals surface area contributed by atoms with Crippen molar-refractivity contribution in [1.82, 2.24) is 4.98 Å². The predicted octanol–water partition coefficient (Wildman–Crippen LogP) is 2.68. The first kappa shape index (κ1) is 13.1. The van der Waals surface area contributed by atoms with E-state index in [1.165, 1.54) is 11.9 Å². The molecule has 4 nitrogen and oxygen atoms in total.